The predicted octanol–water partition coefficient (Wildman–Crippen LogP) is 2.64. The Hall–Kier alpha value is -0.810. The lowest BCUT2D eigenvalue weighted by Crippen LogP contribution is -2.42. The highest BCUT2D eigenvalue weighted by Gasteiger charge is 2.41. The summed E-state index contributed by atoms with van der Waals surface area (Å²) < 4.78 is 8.87. The number of nitrogens with zero attached hydrogens (tertiary/aromatic N) is 1. The number of amides is 1. The molecule has 3 aliphatic rings. The average molecular weight is 325 g/mol. The Kier molecular flexibility index (Phi) is 2.74. The monoisotopic (exact) mass is 324 g/mol. The number of rotatable bonds is 3. The topological polar surface area (TPSA) is 43.3 Å². The van der Waals surface area contributed by atoms with Crippen molar-refractivity contribution in [2.45, 2.75) is 56.4 Å². The van der Waals surface area contributed by atoms with Crippen molar-refractivity contribution in [1.29, 1.82) is 0 Å². The van der Waals surface area contributed by atoms with Crippen molar-refractivity contribution in [3.05, 3.63) is 22.4 Å². The van der Waals surface area contributed by atoms with Crippen molar-refractivity contribution in [3.63, 3.8) is 0 Å². The minimum Gasteiger partial charge on any atom is -0.373 e. The standard InChI is InChI=1S/C14H17BrN2O2/c15-8-5-12(17(7-8)9-1-2-9)14(18)16-11-6-10-3-4-13(11)19-10/h5,7,9-11,13H,1-4,6H2,(H,16,18). The molecule has 2 saturated heterocycles. The highest BCUT2D eigenvalue weighted by Crippen LogP contribution is 2.38. The van der Waals surface area contributed by atoms with Crippen molar-refractivity contribution >= 4 is 21.8 Å². The summed E-state index contributed by atoms with van der Waals surface area (Å²) in [7, 11) is 0. The summed E-state index contributed by atoms with van der Waals surface area (Å²) in [4.78, 5) is 12.4. The molecule has 2 aliphatic heterocycles. The van der Waals surface area contributed by atoms with E-state index in [-0.39, 0.29) is 18.1 Å². The molecule has 1 amide bonds. The maximum absolute atomic E-state index is 12.4. The molecule has 0 spiro atoms. The summed E-state index contributed by atoms with van der Waals surface area (Å²) in [5.41, 5.74) is 0.775. The van der Waals surface area contributed by atoms with Gasteiger partial charge in [-0.25, -0.2) is 0 Å². The van der Waals surface area contributed by atoms with Crippen LogP contribution in [-0.4, -0.2) is 28.7 Å². The molecule has 0 aromatic carbocycles. The van der Waals surface area contributed by atoms with E-state index in [4.69, 9.17) is 4.74 Å². The smallest absolute Gasteiger partial charge is 0.268 e. The Labute approximate surface area is 120 Å². The molecule has 4 nitrogen and oxygen atoms in total. The minimum absolute atomic E-state index is 0.0405. The fourth-order valence-corrected chi connectivity index (χ4v) is 3.75. The normalized spacial score (nSPS) is 32.8. The van der Waals surface area contributed by atoms with E-state index in [0.29, 0.717) is 12.1 Å². The van der Waals surface area contributed by atoms with Crippen LogP contribution in [0.5, 0.6) is 0 Å². The van der Waals surface area contributed by atoms with E-state index in [1.807, 2.05) is 12.3 Å². The zero-order valence-electron chi connectivity index (χ0n) is 10.6. The van der Waals surface area contributed by atoms with Crippen molar-refractivity contribution in [1.82, 2.24) is 9.88 Å². The van der Waals surface area contributed by atoms with Crippen molar-refractivity contribution in [2.24, 2.45) is 0 Å². The van der Waals surface area contributed by atoms with Crippen LogP contribution in [0.25, 0.3) is 0 Å². The number of aromatic nitrogens is 1. The molecule has 3 fully saturated rings. The van der Waals surface area contributed by atoms with Crippen LogP contribution in [0.2, 0.25) is 0 Å². The van der Waals surface area contributed by atoms with Crippen molar-refractivity contribution in [3.8, 4) is 0 Å². The predicted molar refractivity (Wildman–Crippen MR) is 74.2 cm³/mol. The fraction of sp³-hybridized carbons (Fsp3) is 0.643. The van der Waals surface area contributed by atoms with E-state index in [1.165, 1.54) is 12.8 Å². The van der Waals surface area contributed by atoms with Gasteiger partial charge in [-0.2, -0.15) is 0 Å². The molecule has 1 aromatic rings. The second kappa shape index (κ2) is 4.35. The van der Waals surface area contributed by atoms with Gasteiger partial charge in [-0.15, -0.1) is 0 Å². The van der Waals surface area contributed by atoms with E-state index in [2.05, 4.69) is 25.8 Å². The molecule has 1 aromatic heterocycles. The minimum atomic E-state index is 0.0405. The zero-order chi connectivity index (χ0) is 13.0. The Bertz CT molecular complexity index is 524. The number of carbonyl (C=O) groups is 1. The Morgan fingerprint density at radius 2 is 2.21 bits per heavy atom. The lowest BCUT2D eigenvalue weighted by atomic mass is 9.95. The molecule has 1 N–H and O–H groups in total. The molecule has 2 bridgehead atoms. The number of nitrogens with one attached hydrogen (secondary N) is 1. The first-order chi connectivity index (χ1) is 9.20. The second-order valence-corrected chi connectivity index (χ2v) is 6.79. The van der Waals surface area contributed by atoms with Gasteiger partial charge in [0.2, 0.25) is 0 Å². The van der Waals surface area contributed by atoms with Crippen LogP contribution >= 0.6 is 15.9 Å². The first-order valence-corrected chi connectivity index (χ1v) is 7.84. The number of carbonyl (C=O) groups excluding carboxylic acids is 1. The first kappa shape index (κ1) is 12.0. The number of halogens is 1. The molecule has 5 heteroatoms. The van der Waals surface area contributed by atoms with Gasteiger partial charge in [-0.1, -0.05) is 0 Å². The van der Waals surface area contributed by atoms with Gasteiger partial charge < -0.3 is 14.6 Å². The van der Waals surface area contributed by atoms with Crippen LogP contribution < -0.4 is 5.32 Å². The largest absolute Gasteiger partial charge is 0.373 e. The average Bonchev–Trinajstić information content (AvgIpc) is 2.83. The summed E-state index contributed by atoms with van der Waals surface area (Å²) in [6, 6.07) is 2.64. The Morgan fingerprint density at radius 3 is 2.84 bits per heavy atom. The van der Waals surface area contributed by atoms with Crippen molar-refractivity contribution in [2.75, 3.05) is 0 Å². The van der Waals surface area contributed by atoms with Gasteiger partial charge >= 0.3 is 0 Å². The van der Waals surface area contributed by atoms with Crippen LogP contribution in [0, 0.1) is 0 Å². The molecular weight excluding hydrogens is 308 g/mol. The SMILES string of the molecule is O=C(NC1CC2CCC1O2)c1cc(Br)cn1C1CC1. The molecule has 19 heavy (non-hydrogen) atoms. The summed E-state index contributed by atoms with van der Waals surface area (Å²) in [6.45, 7) is 0. The number of fused-ring (bicyclic) bond motifs is 2. The number of hydrogen-bond donors (Lipinski definition) is 1. The van der Waals surface area contributed by atoms with Crippen LogP contribution in [-0.2, 0) is 4.74 Å². The Morgan fingerprint density at radius 1 is 1.37 bits per heavy atom. The quantitative estimate of drug-likeness (QED) is 0.928. The highest BCUT2D eigenvalue weighted by atomic mass is 79.9. The maximum atomic E-state index is 12.4. The lowest BCUT2D eigenvalue weighted by molar-refractivity contribution is 0.0834. The van der Waals surface area contributed by atoms with Crippen LogP contribution in [0.15, 0.2) is 16.7 Å². The maximum Gasteiger partial charge on any atom is 0.268 e. The van der Waals surface area contributed by atoms with Gasteiger partial charge in [-0.3, -0.25) is 4.79 Å². The molecule has 3 atom stereocenters. The molecule has 1 saturated carbocycles. The van der Waals surface area contributed by atoms with Crippen LogP contribution in [0.1, 0.15) is 48.6 Å². The van der Waals surface area contributed by atoms with Crippen LogP contribution in [0.3, 0.4) is 0 Å². The summed E-state index contributed by atoms with van der Waals surface area (Å²) in [5.74, 6) is 0.0405. The molecule has 3 unspecified atom stereocenters. The second-order valence-electron chi connectivity index (χ2n) is 5.87. The highest BCUT2D eigenvalue weighted by molar-refractivity contribution is 9.10. The van der Waals surface area contributed by atoms with Gasteiger partial charge in [0.1, 0.15) is 5.69 Å². The lowest BCUT2D eigenvalue weighted by Gasteiger charge is -2.20. The van der Waals surface area contributed by atoms with Gasteiger partial charge in [0, 0.05) is 16.7 Å². The van der Waals surface area contributed by atoms with Gasteiger partial charge in [-0.05, 0) is 54.1 Å². The first-order valence-electron chi connectivity index (χ1n) is 7.04. The molecule has 102 valence electrons. The van der Waals surface area contributed by atoms with Gasteiger partial charge in [0.15, 0.2) is 0 Å². The van der Waals surface area contributed by atoms with E-state index in [0.717, 1.165) is 29.4 Å². The van der Waals surface area contributed by atoms with Gasteiger partial charge in [0.25, 0.3) is 5.91 Å². The van der Waals surface area contributed by atoms with Crippen LogP contribution in [0.4, 0.5) is 0 Å². The summed E-state index contributed by atoms with van der Waals surface area (Å²) in [6.07, 6.45) is 8.20. The number of ether oxygens (including phenoxy) is 1. The van der Waals surface area contributed by atoms with Crippen molar-refractivity contribution < 1.29 is 9.53 Å². The van der Waals surface area contributed by atoms with Gasteiger partial charge in [0.05, 0.1) is 18.2 Å². The van der Waals surface area contributed by atoms with E-state index >= 15 is 0 Å². The zero-order valence-corrected chi connectivity index (χ0v) is 12.2. The molecule has 3 heterocycles. The third-order valence-electron chi connectivity index (χ3n) is 4.41. The van der Waals surface area contributed by atoms with E-state index in [9.17, 15) is 4.79 Å². The molecular formula is C14H17BrN2O2. The Balaban J connectivity index is 1.51. The summed E-state index contributed by atoms with van der Waals surface area (Å²) >= 11 is 3.47. The fourth-order valence-electron chi connectivity index (χ4n) is 3.31. The molecule has 4 rings (SSSR count). The molecule has 0 radical (unpaired) electrons. The molecule has 1 aliphatic carbocycles. The number of hydrogen-bond acceptors (Lipinski definition) is 2. The summed E-state index contributed by atoms with van der Waals surface area (Å²) in [5, 5.41) is 3.16. The third kappa shape index (κ3) is 2.13. The third-order valence-corrected chi connectivity index (χ3v) is 4.84. The van der Waals surface area contributed by atoms with E-state index in [1.54, 1.807) is 0 Å². The van der Waals surface area contributed by atoms with E-state index < -0.39 is 0 Å².